The number of aromatic nitrogens is 2. The molecule has 0 spiro atoms. The van der Waals surface area contributed by atoms with E-state index in [9.17, 15) is 14.9 Å². The van der Waals surface area contributed by atoms with Crippen molar-refractivity contribution in [2.24, 2.45) is 5.73 Å². The maximum Gasteiger partial charge on any atom is 0.269 e. The molecule has 0 saturated heterocycles. The van der Waals surface area contributed by atoms with E-state index in [1.807, 2.05) is 6.92 Å². The fraction of sp³-hybridized carbons (Fsp3) is 0.154. The molecule has 0 aliphatic heterocycles. The maximum atomic E-state index is 11.5. The van der Waals surface area contributed by atoms with Gasteiger partial charge in [0.05, 0.1) is 16.8 Å². The summed E-state index contributed by atoms with van der Waals surface area (Å²) in [6.45, 7) is 2.32. The van der Waals surface area contributed by atoms with Crippen LogP contribution in [0.2, 0.25) is 0 Å². The number of thiocarbonyl (C=S) groups is 1. The normalized spacial score (nSPS) is 10.1. The zero-order chi connectivity index (χ0) is 17.0. The number of amides is 1. The molecule has 0 fully saturated rings. The van der Waals surface area contributed by atoms with Gasteiger partial charge in [-0.05, 0) is 31.3 Å². The van der Waals surface area contributed by atoms with E-state index in [0.717, 1.165) is 0 Å². The smallest absolute Gasteiger partial charge is 0.269 e. The van der Waals surface area contributed by atoms with E-state index in [1.54, 1.807) is 0 Å². The summed E-state index contributed by atoms with van der Waals surface area (Å²) in [7, 11) is 0. The monoisotopic (exact) mass is 334 g/mol. The fourth-order valence-electron chi connectivity index (χ4n) is 1.93. The number of rotatable bonds is 5. The molecule has 0 radical (unpaired) electrons. The summed E-state index contributed by atoms with van der Waals surface area (Å²) in [5.41, 5.74) is 6.50. The van der Waals surface area contributed by atoms with Crippen molar-refractivity contribution in [1.82, 2.24) is 9.78 Å². The first-order valence-electron chi connectivity index (χ1n) is 6.60. The summed E-state index contributed by atoms with van der Waals surface area (Å²) in [6.07, 6.45) is 1.45. The van der Waals surface area contributed by atoms with Crippen molar-refractivity contribution in [1.29, 1.82) is 0 Å². The van der Waals surface area contributed by atoms with Crippen molar-refractivity contribution >= 4 is 40.3 Å². The van der Waals surface area contributed by atoms with Gasteiger partial charge in [0.2, 0.25) is 0 Å². The number of hydrogen-bond acceptors (Lipinski definition) is 5. The van der Waals surface area contributed by atoms with Crippen LogP contribution in [0.4, 0.5) is 17.1 Å². The Bertz CT molecular complexity index is 756. The molecule has 0 unspecified atom stereocenters. The number of non-ortho nitro benzene ring substituents is 1. The number of nitrogens with two attached hydrogens (primary N) is 1. The largest absolute Gasteiger partial charge is 0.364 e. The summed E-state index contributed by atoms with van der Waals surface area (Å²) >= 11 is 5.15. The minimum Gasteiger partial charge on any atom is -0.364 e. The Labute approximate surface area is 136 Å². The lowest BCUT2D eigenvalue weighted by Crippen LogP contribution is -2.23. The van der Waals surface area contributed by atoms with E-state index in [0.29, 0.717) is 17.9 Å². The predicted octanol–water partition coefficient (Wildman–Crippen LogP) is 1.72. The Morgan fingerprint density at radius 3 is 2.57 bits per heavy atom. The molecule has 0 aliphatic rings. The summed E-state index contributed by atoms with van der Waals surface area (Å²) < 4.78 is 1.46. The first kappa shape index (κ1) is 16.4. The fourth-order valence-corrected chi connectivity index (χ4v) is 2.16. The molecule has 0 bridgehead atoms. The Morgan fingerprint density at radius 1 is 1.39 bits per heavy atom. The highest BCUT2D eigenvalue weighted by Crippen LogP contribution is 2.17. The molecule has 10 heteroatoms. The van der Waals surface area contributed by atoms with Crippen molar-refractivity contribution < 1.29 is 9.72 Å². The molecule has 0 saturated carbocycles. The first-order chi connectivity index (χ1) is 10.9. The SMILES string of the molecule is CCn1ncc(NC(=S)Nc2ccc([N+](=O)[O-])cc2)c1C(N)=O. The molecule has 23 heavy (non-hydrogen) atoms. The van der Waals surface area contributed by atoms with Crippen molar-refractivity contribution in [2.75, 3.05) is 10.6 Å². The molecule has 0 aliphatic carbocycles. The maximum absolute atomic E-state index is 11.5. The number of nitro groups is 1. The zero-order valence-corrected chi connectivity index (χ0v) is 13.0. The van der Waals surface area contributed by atoms with Gasteiger partial charge in [0.25, 0.3) is 11.6 Å². The van der Waals surface area contributed by atoms with Gasteiger partial charge < -0.3 is 16.4 Å². The molecule has 1 heterocycles. The molecule has 120 valence electrons. The topological polar surface area (TPSA) is 128 Å². The zero-order valence-electron chi connectivity index (χ0n) is 12.1. The van der Waals surface area contributed by atoms with Crippen molar-refractivity contribution in [3.63, 3.8) is 0 Å². The summed E-state index contributed by atoms with van der Waals surface area (Å²) in [5.74, 6) is -0.620. The quantitative estimate of drug-likeness (QED) is 0.431. The van der Waals surface area contributed by atoms with E-state index in [4.69, 9.17) is 18.0 Å². The number of anilines is 2. The molecule has 1 aromatic carbocycles. The van der Waals surface area contributed by atoms with Gasteiger partial charge in [-0.2, -0.15) is 5.10 Å². The number of primary amides is 1. The van der Waals surface area contributed by atoms with Gasteiger partial charge in [-0.1, -0.05) is 0 Å². The molecule has 1 amide bonds. The van der Waals surface area contributed by atoms with Crippen LogP contribution in [0.25, 0.3) is 0 Å². The molecule has 0 atom stereocenters. The van der Waals surface area contributed by atoms with Crippen molar-refractivity contribution in [3.8, 4) is 0 Å². The van der Waals surface area contributed by atoms with Gasteiger partial charge >= 0.3 is 0 Å². The number of nitrogens with zero attached hydrogens (tertiary/aromatic N) is 3. The number of nitro benzene ring substituents is 1. The van der Waals surface area contributed by atoms with E-state index < -0.39 is 10.8 Å². The third-order valence-electron chi connectivity index (χ3n) is 2.96. The molecular formula is C13H14N6O3S. The highest BCUT2D eigenvalue weighted by molar-refractivity contribution is 7.80. The van der Waals surface area contributed by atoms with Gasteiger partial charge in [-0.25, -0.2) is 0 Å². The number of carbonyl (C=O) groups is 1. The Hall–Kier alpha value is -3.01. The second kappa shape index (κ2) is 6.83. The van der Waals surface area contributed by atoms with Crippen LogP contribution in [-0.2, 0) is 6.54 Å². The van der Waals surface area contributed by atoms with Crippen LogP contribution in [0.5, 0.6) is 0 Å². The van der Waals surface area contributed by atoms with Crippen LogP contribution < -0.4 is 16.4 Å². The second-order valence-electron chi connectivity index (χ2n) is 4.47. The first-order valence-corrected chi connectivity index (χ1v) is 7.01. The third kappa shape index (κ3) is 3.80. The number of benzene rings is 1. The summed E-state index contributed by atoms with van der Waals surface area (Å²) in [5, 5.41) is 20.5. The van der Waals surface area contributed by atoms with E-state index in [-0.39, 0.29) is 16.5 Å². The lowest BCUT2D eigenvalue weighted by atomic mass is 10.3. The number of aryl methyl sites for hydroxylation is 1. The van der Waals surface area contributed by atoms with Gasteiger partial charge in [-0.15, -0.1) is 0 Å². The molecule has 2 aromatic rings. The highest BCUT2D eigenvalue weighted by atomic mass is 32.1. The summed E-state index contributed by atoms with van der Waals surface area (Å²) in [4.78, 5) is 21.6. The average Bonchev–Trinajstić information content (AvgIpc) is 2.90. The van der Waals surface area contributed by atoms with Crippen LogP contribution in [0.15, 0.2) is 30.5 Å². The van der Waals surface area contributed by atoms with Crippen molar-refractivity contribution in [2.45, 2.75) is 13.5 Å². The van der Waals surface area contributed by atoms with Gasteiger partial charge in [0.15, 0.2) is 5.11 Å². The highest BCUT2D eigenvalue weighted by Gasteiger charge is 2.16. The Morgan fingerprint density at radius 2 is 2.04 bits per heavy atom. The Kier molecular flexibility index (Phi) is 4.86. The van der Waals surface area contributed by atoms with Crippen LogP contribution in [0.1, 0.15) is 17.4 Å². The van der Waals surface area contributed by atoms with E-state index in [1.165, 1.54) is 35.1 Å². The molecular weight excluding hydrogens is 320 g/mol. The van der Waals surface area contributed by atoms with Crippen LogP contribution in [-0.4, -0.2) is 25.7 Å². The number of nitrogens with one attached hydrogen (secondary N) is 2. The molecule has 4 N–H and O–H groups in total. The second-order valence-corrected chi connectivity index (χ2v) is 4.88. The third-order valence-corrected chi connectivity index (χ3v) is 3.16. The minimum atomic E-state index is -0.620. The van der Waals surface area contributed by atoms with E-state index in [2.05, 4.69) is 15.7 Å². The van der Waals surface area contributed by atoms with E-state index >= 15 is 0 Å². The summed E-state index contributed by atoms with van der Waals surface area (Å²) in [6, 6.07) is 5.76. The standard InChI is InChI=1S/C13H14N6O3S/c1-2-18-11(12(14)20)10(7-15-18)17-13(23)16-8-3-5-9(6-4-8)19(21)22/h3-7H,2H2,1H3,(H2,14,20)(H2,16,17,23). The molecule has 9 nitrogen and oxygen atoms in total. The Balaban J connectivity index is 2.09. The minimum absolute atomic E-state index is 0.0188. The number of hydrogen-bond donors (Lipinski definition) is 3. The van der Waals surface area contributed by atoms with Gasteiger partial charge in [0.1, 0.15) is 5.69 Å². The molecule has 2 rings (SSSR count). The van der Waals surface area contributed by atoms with Crippen molar-refractivity contribution in [3.05, 3.63) is 46.3 Å². The van der Waals surface area contributed by atoms with Gasteiger partial charge in [-0.3, -0.25) is 19.6 Å². The predicted molar refractivity (Wildman–Crippen MR) is 89.4 cm³/mol. The van der Waals surface area contributed by atoms with Crippen LogP contribution >= 0.6 is 12.2 Å². The lowest BCUT2D eigenvalue weighted by molar-refractivity contribution is -0.384. The van der Waals surface area contributed by atoms with Crippen LogP contribution in [0, 0.1) is 10.1 Å². The lowest BCUT2D eigenvalue weighted by Gasteiger charge is -2.10. The number of carbonyl (C=O) groups excluding carboxylic acids is 1. The van der Waals surface area contributed by atoms with Gasteiger partial charge in [0, 0.05) is 24.4 Å². The average molecular weight is 334 g/mol. The molecule has 1 aromatic heterocycles. The van der Waals surface area contributed by atoms with Crippen LogP contribution in [0.3, 0.4) is 0 Å².